The lowest BCUT2D eigenvalue weighted by Gasteiger charge is -2.27. The van der Waals surface area contributed by atoms with Crippen molar-refractivity contribution in [1.82, 2.24) is 15.5 Å². The second kappa shape index (κ2) is 14.3. The number of guanidine groups is 1. The monoisotopic (exact) mass is 470 g/mol. The van der Waals surface area contributed by atoms with E-state index in [1.165, 1.54) is 11.8 Å². The molecule has 3 amide bonds. The fourth-order valence-electron chi connectivity index (χ4n) is 3.60. The molecule has 1 heterocycles. The molecule has 13 nitrogen and oxygen atoms in total. The lowest BCUT2D eigenvalue weighted by atomic mass is 10.1. The van der Waals surface area contributed by atoms with Crippen molar-refractivity contribution in [3.05, 3.63) is 0 Å². The Morgan fingerprint density at radius 2 is 1.79 bits per heavy atom. The molecule has 188 valence electrons. The van der Waals surface area contributed by atoms with Crippen molar-refractivity contribution < 1.29 is 24.3 Å². The Kier molecular flexibility index (Phi) is 12.1. The molecule has 1 fully saturated rings. The van der Waals surface area contributed by atoms with E-state index >= 15 is 0 Å². The summed E-state index contributed by atoms with van der Waals surface area (Å²) < 4.78 is 0. The fourth-order valence-corrected chi connectivity index (χ4v) is 3.60. The van der Waals surface area contributed by atoms with Crippen molar-refractivity contribution in [2.75, 3.05) is 19.6 Å². The normalized spacial score (nSPS) is 18.2. The number of likely N-dealkylation sites (tertiary alicyclic amines) is 1. The van der Waals surface area contributed by atoms with Crippen molar-refractivity contribution in [1.29, 1.82) is 0 Å². The second-order valence-corrected chi connectivity index (χ2v) is 8.16. The van der Waals surface area contributed by atoms with Crippen LogP contribution in [-0.4, -0.2) is 83.5 Å². The molecular weight excluding hydrogens is 432 g/mol. The summed E-state index contributed by atoms with van der Waals surface area (Å²) >= 11 is 0. The molecule has 11 N–H and O–H groups in total. The van der Waals surface area contributed by atoms with E-state index in [0.29, 0.717) is 45.2 Å². The van der Waals surface area contributed by atoms with E-state index in [-0.39, 0.29) is 18.9 Å². The molecule has 1 saturated heterocycles. The summed E-state index contributed by atoms with van der Waals surface area (Å²) in [5.41, 5.74) is 22.0. The SMILES string of the molecule is CC(NC(=O)C(CCCN=C(N)N)NC(=O)C(N)CCCCN)C(=O)N1CCCC1C(=O)O. The Bertz CT molecular complexity index is 713. The smallest absolute Gasteiger partial charge is 0.326 e. The number of carbonyl (C=O) groups is 4. The quantitative estimate of drug-likeness (QED) is 0.0810. The maximum atomic E-state index is 12.9. The largest absolute Gasteiger partial charge is 0.480 e. The van der Waals surface area contributed by atoms with Crippen LogP contribution < -0.4 is 33.6 Å². The number of carboxylic acids is 1. The first kappa shape index (κ1) is 28.1. The summed E-state index contributed by atoms with van der Waals surface area (Å²) in [6.07, 6.45) is 3.39. The predicted octanol–water partition coefficient (Wildman–Crippen LogP) is -2.44. The minimum atomic E-state index is -1.08. The zero-order valence-electron chi connectivity index (χ0n) is 19.2. The summed E-state index contributed by atoms with van der Waals surface area (Å²) in [6.45, 7) is 2.55. The van der Waals surface area contributed by atoms with E-state index < -0.39 is 47.9 Å². The molecule has 0 bridgehead atoms. The molecular formula is C20H38N8O5. The van der Waals surface area contributed by atoms with Crippen molar-refractivity contribution in [3.63, 3.8) is 0 Å². The van der Waals surface area contributed by atoms with Gasteiger partial charge >= 0.3 is 5.97 Å². The van der Waals surface area contributed by atoms with Gasteiger partial charge in [-0.2, -0.15) is 0 Å². The fraction of sp³-hybridized carbons (Fsp3) is 0.750. The van der Waals surface area contributed by atoms with Gasteiger partial charge in [0.1, 0.15) is 18.1 Å². The molecule has 4 atom stereocenters. The van der Waals surface area contributed by atoms with Gasteiger partial charge in [0, 0.05) is 13.1 Å². The van der Waals surface area contributed by atoms with Gasteiger partial charge in [0.25, 0.3) is 0 Å². The third-order valence-corrected chi connectivity index (χ3v) is 5.43. The van der Waals surface area contributed by atoms with Crippen LogP contribution in [0.15, 0.2) is 4.99 Å². The van der Waals surface area contributed by atoms with Gasteiger partial charge in [0.2, 0.25) is 17.7 Å². The third kappa shape index (κ3) is 9.61. The van der Waals surface area contributed by atoms with Crippen LogP contribution in [-0.2, 0) is 19.2 Å². The number of amides is 3. The van der Waals surface area contributed by atoms with Gasteiger partial charge in [0.15, 0.2) is 5.96 Å². The Balaban J connectivity index is 2.78. The van der Waals surface area contributed by atoms with Gasteiger partial charge in [-0.3, -0.25) is 19.4 Å². The first-order chi connectivity index (χ1) is 15.6. The molecule has 1 aliphatic rings. The van der Waals surface area contributed by atoms with E-state index in [0.717, 1.165) is 6.42 Å². The van der Waals surface area contributed by atoms with Gasteiger partial charge in [-0.1, -0.05) is 6.42 Å². The predicted molar refractivity (Wildman–Crippen MR) is 123 cm³/mol. The third-order valence-electron chi connectivity index (χ3n) is 5.43. The van der Waals surface area contributed by atoms with E-state index in [9.17, 15) is 24.3 Å². The van der Waals surface area contributed by atoms with Crippen LogP contribution in [0.1, 0.15) is 51.9 Å². The summed E-state index contributed by atoms with van der Waals surface area (Å²) in [4.78, 5) is 54.6. The number of nitrogens with one attached hydrogen (secondary N) is 2. The molecule has 0 saturated carbocycles. The van der Waals surface area contributed by atoms with Gasteiger partial charge in [0.05, 0.1) is 6.04 Å². The summed E-state index contributed by atoms with van der Waals surface area (Å²) in [7, 11) is 0. The zero-order chi connectivity index (χ0) is 25.0. The minimum absolute atomic E-state index is 0.0835. The minimum Gasteiger partial charge on any atom is -0.480 e. The highest BCUT2D eigenvalue weighted by Gasteiger charge is 2.36. The van der Waals surface area contributed by atoms with Crippen LogP contribution in [0.4, 0.5) is 0 Å². The molecule has 1 rings (SSSR count). The molecule has 0 spiro atoms. The van der Waals surface area contributed by atoms with Crippen molar-refractivity contribution in [3.8, 4) is 0 Å². The molecule has 33 heavy (non-hydrogen) atoms. The van der Waals surface area contributed by atoms with Gasteiger partial charge in [-0.05, 0) is 52.0 Å². The number of unbranched alkanes of at least 4 members (excludes halogenated alkanes) is 1. The topological polar surface area (TPSA) is 232 Å². The molecule has 4 unspecified atom stereocenters. The Morgan fingerprint density at radius 1 is 1.09 bits per heavy atom. The van der Waals surface area contributed by atoms with Crippen LogP contribution in [0.2, 0.25) is 0 Å². The van der Waals surface area contributed by atoms with E-state index in [1.807, 2.05) is 0 Å². The van der Waals surface area contributed by atoms with Crippen LogP contribution in [0.25, 0.3) is 0 Å². The number of rotatable bonds is 14. The van der Waals surface area contributed by atoms with Crippen molar-refractivity contribution in [2.45, 2.75) is 76.0 Å². The van der Waals surface area contributed by atoms with Crippen molar-refractivity contribution >= 4 is 29.7 Å². The summed E-state index contributed by atoms with van der Waals surface area (Å²) in [5, 5.41) is 14.5. The molecule has 0 aromatic rings. The van der Waals surface area contributed by atoms with Crippen LogP contribution in [0.3, 0.4) is 0 Å². The van der Waals surface area contributed by atoms with Gasteiger partial charge < -0.3 is 43.6 Å². The van der Waals surface area contributed by atoms with E-state index in [4.69, 9.17) is 22.9 Å². The number of aliphatic imine (C=N–C) groups is 1. The van der Waals surface area contributed by atoms with Gasteiger partial charge in [-0.15, -0.1) is 0 Å². The highest BCUT2D eigenvalue weighted by molar-refractivity contribution is 5.94. The Morgan fingerprint density at radius 3 is 2.39 bits per heavy atom. The van der Waals surface area contributed by atoms with Crippen LogP contribution in [0.5, 0.6) is 0 Å². The first-order valence-corrected chi connectivity index (χ1v) is 11.2. The molecule has 1 aliphatic heterocycles. The van der Waals surface area contributed by atoms with Crippen molar-refractivity contribution in [2.24, 2.45) is 27.9 Å². The number of hydrogen-bond acceptors (Lipinski definition) is 7. The lowest BCUT2D eigenvalue weighted by molar-refractivity contribution is -0.149. The molecule has 13 heteroatoms. The molecule has 0 aliphatic carbocycles. The highest BCUT2D eigenvalue weighted by Crippen LogP contribution is 2.18. The lowest BCUT2D eigenvalue weighted by Crippen LogP contribution is -2.56. The number of aliphatic carboxylic acids is 1. The number of hydrogen-bond donors (Lipinski definition) is 7. The molecule has 0 radical (unpaired) electrons. The van der Waals surface area contributed by atoms with Crippen LogP contribution in [0, 0.1) is 0 Å². The standard InChI is InChI=1S/C20H38N8O5/c1-12(18(31)28-11-5-8-15(28)19(32)33)26-17(30)14(7-4-10-25-20(23)24)27-16(29)13(22)6-2-3-9-21/h12-15H,2-11,21-22H2,1H3,(H,26,30)(H,27,29)(H,32,33)(H4,23,24,25). The van der Waals surface area contributed by atoms with E-state index in [1.54, 1.807) is 0 Å². The highest BCUT2D eigenvalue weighted by atomic mass is 16.4. The number of nitrogens with zero attached hydrogens (tertiary/aromatic N) is 2. The number of nitrogens with two attached hydrogens (primary N) is 4. The first-order valence-electron chi connectivity index (χ1n) is 11.2. The summed E-state index contributed by atoms with van der Waals surface area (Å²) in [5.74, 6) is -2.71. The number of carbonyl (C=O) groups excluding carboxylic acids is 3. The maximum Gasteiger partial charge on any atom is 0.326 e. The second-order valence-electron chi connectivity index (χ2n) is 8.16. The van der Waals surface area contributed by atoms with E-state index in [2.05, 4.69) is 15.6 Å². The number of carboxylic acid groups (broad SMARTS) is 1. The Hall–Kier alpha value is -2.93. The molecule has 0 aromatic heterocycles. The maximum absolute atomic E-state index is 12.9. The van der Waals surface area contributed by atoms with Crippen LogP contribution >= 0.6 is 0 Å². The summed E-state index contributed by atoms with van der Waals surface area (Å²) in [6, 6.07) is -3.63. The molecule has 0 aromatic carbocycles. The average Bonchev–Trinajstić information content (AvgIpc) is 3.25. The van der Waals surface area contributed by atoms with Gasteiger partial charge in [-0.25, -0.2) is 4.79 Å². The average molecular weight is 471 g/mol. The Labute approximate surface area is 193 Å². The zero-order valence-corrected chi connectivity index (χ0v) is 19.2.